The molecule has 0 aliphatic carbocycles. The molecule has 1 unspecified atom stereocenters. The Balaban J connectivity index is 1.53. The molecular weight excluding hydrogens is 342 g/mol. The van der Waals surface area contributed by atoms with E-state index in [4.69, 9.17) is 4.74 Å². The molecule has 0 spiro atoms. The molecule has 2 heterocycles. The van der Waals surface area contributed by atoms with Crippen LogP contribution in [0.4, 0.5) is 0 Å². The number of imidazole rings is 1. The van der Waals surface area contributed by atoms with Gasteiger partial charge in [-0.15, -0.1) is 0 Å². The zero-order valence-corrected chi connectivity index (χ0v) is 15.3. The second-order valence-corrected chi connectivity index (χ2v) is 6.50. The molecule has 2 aromatic carbocycles. The number of aromatic nitrogens is 5. The molecule has 2 aromatic heterocycles. The summed E-state index contributed by atoms with van der Waals surface area (Å²) in [6.45, 7) is 2.65. The summed E-state index contributed by atoms with van der Waals surface area (Å²) < 4.78 is 9.51. The van der Waals surface area contributed by atoms with Crippen molar-refractivity contribution < 1.29 is 9.84 Å². The first-order valence-electron chi connectivity index (χ1n) is 8.77. The predicted octanol–water partition coefficient (Wildman–Crippen LogP) is 2.92. The fourth-order valence-electron chi connectivity index (χ4n) is 3.00. The van der Waals surface area contributed by atoms with Gasteiger partial charge in [-0.2, -0.15) is 5.10 Å². The van der Waals surface area contributed by atoms with Crippen molar-refractivity contribution in [2.45, 2.75) is 26.2 Å². The van der Waals surface area contributed by atoms with E-state index in [1.807, 2.05) is 48.0 Å². The Morgan fingerprint density at radius 3 is 2.78 bits per heavy atom. The Morgan fingerprint density at radius 2 is 2.00 bits per heavy atom. The van der Waals surface area contributed by atoms with Gasteiger partial charge in [0.15, 0.2) is 5.82 Å². The van der Waals surface area contributed by atoms with E-state index in [0.29, 0.717) is 13.2 Å². The predicted molar refractivity (Wildman–Crippen MR) is 101 cm³/mol. The number of fused-ring (bicyclic) bond motifs is 1. The Labute approximate surface area is 156 Å². The van der Waals surface area contributed by atoms with E-state index in [-0.39, 0.29) is 0 Å². The van der Waals surface area contributed by atoms with Crippen molar-refractivity contribution in [1.29, 1.82) is 0 Å². The zero-order chi connectivity index (χ0) is 18.8. The van der Waals surface area contributed by atoms with Crippen molar-refractivity contribution in [2.24, 2.45) is 7.05 Å². The van der Waals surface area contributed by atoms with Crippen LogP contribution < -0.4 is 0 Å². The van der Waals surface area contributed by atoms with Crippen LogP contribution in [0.5, 0.6) is 0 Å². The summed E-state index contributed by atoms with van der Waals surface area (Å²) in [7, 11) is 1.85. The number of rotatable bonds is 6. The van der Waals surface area contributed by atoms with Crippen LogP contribution in [0.2, 0.25) is 0 Å². The maximum Gasteiger partial charge on any atom is 0.152 e. The van der Waals surface area contributed by atoms with Crippen LogP contribution in [0.25, 0.3) is 16.7 Å². The maximum absolute atomic E-state index is 9.75. The van der Waals surface area contributed by atoms with E-state index in [2.05, 4.69) is 21.1 Å². The van der Waals surface area contributed by atoms with Crippen molar-refractivity contribution in [1.82, 2.24) is 24.3 Å². The fourth-order valence-corrected chi connectivity index (χ4v) is 3.00. The molecule has 0 aliphatic rings. The molecule has 0 bridgehead atoms. The lowest BCUT2D eigenvalue weighted by Gasteiger charge is -2.09. The third-order valence-corrected chi connectivity index (χ3v) is 4.55. The lowest BCUT2D eigenvalue weighted by Crippen LogP contribution is -2.03. The number of aryl methyl sites for hydroxylation is 1. The van der Waals surface area contributed by atoms with Gasteiger partial charge in [0, 0.05) is 12.7 Å². The van der Waals surface area contributed by atoms with Gasteiger partial charge >= 0.3 is 0 Å². The molecule has 7 nitrogen and oxygen atoms in total. The van der Waals surface area contributed by atoms with Gasteiger partial charge in [-0.25, -0.2) is 9.97 Å². The first-order chi connectivity index (χ1) is 13.1. The number of hydrogen-bond acceptors (Lipinski definition) is 5. The molecule has 0 saturated heterocycles. The number of benzene rings is 2. The summed E-state index contributed by atoms with van der Waals surface area (Å²) in [6.07, 6.45) is 2.82. The smallest absolute Gasteiger partial charge is 0.152 e. The molecule has 0 saturated carbocycles. The Bertz CT molecular complexity index is 1070. The van der Waals surface area contributed by atoms with Crippen LogP contribution in [-0.4, -0.2) is 29.4 Å². The van der Waals surface area contributed by atoms with Crippen molar-refractivity contribution >= 4 is 11.0 Å². The highest BCUT2D eigenvalue weighted by Gasteiger charge is 2.09. The molecule has 0 fully saturated rings. The molecular formula is C20H21N5O2. The van der Waals surface area contributed by atoms with Crippen LogP contribution in [0, 0.1) is 0 Å². The standard InChI is InChI=1S/C20H21N5O2/c1-14(26)16-6-7-19-18(9-16)22-13-25(19)17-5-3-4-15(8-17)10-27-11-20-21-12-23-24(20)2/h3-9,12-14,26H,10-11H2,1-2H3. The third-order valence-electron chi connectivity index (χ3n) is 4.55. The maximum atomic E-state index is 9.75. The summed E-state index contributed by atoms with van der Waals surface area (Å²) in [4.78, 5) is 8.63. The van der Waals surface area contributed by atoms with E-state index in [9.17, 15) is 5.11 Å². The molecule has 4 aromatic rings. The third kappa shape index (κ3) is 3.60. The van der Waals surface area contributed by atoms with Gasteiger partial charge in [-0.1, -0.05) is 18.2 Å². The van der Waals surface area contributed by atoms with E-state index in [1.165, 1.54) is 6.33 Å². The van der Waals surface area contributed by atoms with Gasteiger partial charge < -0.3 is 9.84 Å². The molecule has 0 aliphatic heterocycles. The van der Waals surface area contributed by atoms with Crippen LogP contribution in [-0.2, 0) is 25.0 Å². The monoisotopic (exact) mass is 363 g/mol. The first-order valence-corrected chi connectivity index (χ1v) is 8.77. The highest BCUT2D eigenvalue weighted by Crippen LogP contribution is 2.23. The van der Waals surface area contributed by atoms with E-state index < -0.39 is 6.10 Å². The molecule has 138 valence electrons. The zero-order valence-electron chi connectivity index (χ0n) is 15.3. The molecule has 4 rings (SSSR count). The van der Waals surface area contributed by atoms with Gasteiger partial charge in [0.2, 0.25) is 0 Å². The topological polar surface area (TPSA) is 78.0 Å². The van der Waals surface area contributed by atoms with Gasteiger partial charge in [0.25, 0.3) is 0 Å². The minimum Gasteiger partial charge on any atom is -0.389 e. The lowest BCUT2D eigenvalue weighted by atomic mass is 10.1. The lowest BCUT2D eigenvalue weighted by molar-refractivity contribution is 0.0993. The highest BCUT2D eigenvalue weighted by atomic mass is 16.5. The largest absolute Gasteiger partial charge is 0.389 e. The SMILES string of the molecule is CC(O)c1ccc2c(c1)ncn2-c1cccc(COCc2ncnn2C)c1. The molecule has 0 radical (unpaired) electrons. The highest BCUT2D eigenvalue weighted by molar-refractivity contribution is 5.78. The number of ether oxygens (including phenoxy) is 1. The average molecular weight is 363 g/mol. The van der Waals surface area contributed by atoms with Gasteiger partial charge in [0.05, 0.1) is 23.7 Å². The Kier molecular flexibility index (Phi) is 4.70. The van der Waals surface area contributed by atoms with E-state index in [0.717, 1.165) is 33.7 Å². The van der Waals surface area contributed by atoms with Crippen molar-refractivity contribution in [3.8, 4) is 5.69 Å². The van der Waals surface area contributed by atoms with Crippen molar-refractivity contribution in [3.05, 3.63) is 72.1 Å². The van der Waals surface area contributed by atoms with Crippen LogP contribution >= 0.6 is 0 Å². The minimum atomic E-state index is -0.506. The first kappa shape index (κ1) is 17.4. The molecule has 1 atom stereocenters. The second kappa shape index (κ2) is 7.30. The Hall–Kier alpha value is -3.03. The normalized spacial score (nSPS) is 12.6. The van der Waals surface area contributed by atoms with Gasteiger partial charge in [0.1, 0.15) is 19.3 Å². The summed E-state index contributed by atoms with van der Waals surface area (Å²) in [5.74, 6) is 0.792. The molecule has 27 heavy (non-hydrogen) atoms. The van der Waals surface area contributed by atoms with Crippen LogP contribution in [0.15, 0.2) is 55.1 Å². The average Bonchev–Trinajstić information content (AvgIpc) is 3.27. The van der Waals surface area contributed by atoms with Crippen LogP contribution in [0.3, 0.4) is 0 Å². The van der Waals surface area contributed by atoms with Gasteiger partial charge in [-0.3, -0.25) is 9.25 Å². The quantitative estimate of drug-likeness (QED) is 0.570. The van der Waals surface area contributed by atoms with E-state index in [1.54, 1.807) is 17.9 Å². The minimum absolute atomic E-state index is 0.414. The molecule has 7 heteroatoms. The summed E-state index contributed by atoms with van der Waals surface area (Å²) in [5.41, 5.74) is 4.80. The summed E-state index contributed by atoms with van der Waals surface area (Å²) >= 11 is 0. The number of nitrogens with zero attached hydrogens (tertiary/aromatic N) is 5. The molecule has 0 amide bonds. The van der Waals surface area contributed by atoms with Crippen molar-refractivity contribution in [3.63, 3.8) is 0 Å². The van der Waals surface area contributed by atoms with E-state index >= 15 is 0 Å². The fraction of sp³-hybridized carbons (Fsp3) is 0.250. The van der Waals surface area contributed by atoms with Crippen LogP contribution in [0.1, 0.15) is 30.0 Å². The number of aliphatic hydroxyl groups excluding tert-OH is 1. The second-order valence-electron chi connectivity index (χ2n) is 6.50. The summed E-state index contributed by atoms with van der Waals surface area (Å²) in [5, 5.41) is 13.8. The Morgan fingerprint density at radius 1 is 1.11 bits per heavy atom. The van der Waals surface area contributed by atoms with Gasteiger partial charge in [-0.05, 0) is 42.3 Å². The molecule has 1 N–H and O–H groups in total. The number of aliphatic hydroxyl groups is 1. The van der Waals surface area contributed by atoms with Crippen molar-refractivity contribution in [2.75, 3.05) is 0 Å². The summed E-state index contributed by atoms with van der Waals surface area (Å²) in [6, 6.07) is 14.0. The number of hydrogen-bond donors (Lipinski definition) is 1.